The Morgan fingerprint density at radius 2 is 1.88 bits per heavy atom. The van der Waals surface area contributed by atoms with Gasteiger partial charge < -0.3 is 20.6 Å². The van der Waals surface area contributed by atoms with Gasteiger partial charge in [-0.2, -0.15) is 4.98 Å². The highest BCUT2D eigenvalue weighted by molar-refractivity contribution is 5.94. The summed E-state index contributed by atoms with van der Waals surface area (Å²) in [5, 5.41) is 16.2. The summed E-state index contributed by atoms with van der Waals surface area (Å²) in [6.45, 7) is 0.806. The number of carbonyl (C=O) groups excluding carboxylic acids is 1. The van der Waals surface area contributed by atoms with Crippen molar-refractivity contribution in [2.24, 2.45) is 4.99 Å². The highest BCUT2D eigenvalue weighted by atomic mass is 16.3. The molecular weight excluding hydrogens is 526 g/mol. The van der Waals surface area contributed by atoms with Crippen molar-refractivity contribution in [2.75, 3.05) is 18.9 Å². The predicted molar refractivity (Wildman–Crippen MR) is 164 cm³/mol. The third kappa shape index (κ3) is 6.90. The van der Waals surface area contributed by atoms with Gasteiger partial charge in [0.15, 0.2) is 5.82 Å². The van der Waals surface area contributed by atoms with Crippen molar-refractivity contribution in [3.63, 3.8) is 0 Å². The van der Waals surface area contributed by atoms with Crippen LogP contribution in [0.4, 0.5) is 17.5 Å². The van der Waals surface area contributed by atoms with Crippen LogP contribution in [0.3, 0.4) is 0 Å². The van der Waals surface area contributed by atoms with Crippen LogP contribution >= 0.6 is 0 Å². The summed E-state index contributed by atoms with van der Waals surface area (Å²) >= 11 is 0. The van der Waals surface area contributed by atoms with Gasteiger partial charge in [-0.1, -0.05) is 18.1 Å². The fourth-order valence-electron chi connectivity index (χ4n) is 4.83. The molecule has 42 heavy (non-hydrogen) atoms. The molecule has 0 radical (unpaired) electrons. The van der Waals surface area contributed by atoms with Gasteiger partial charge in [0, 0.05) is 60.3 Å². The average molecular weight is 560 g/mol. The van der Waals surface area contributed by atoms with Gasteiger partial charge >= 0.3 is 0 Å². The van der Waals surface area contributed by atoms with Gasteiger partial charge in [0.05, 0.1) is 11.7 Å². The molecule has 0 saturated heterocycles. The summed E-state index contributed by atoms with van der Waals surface area (Å²) < 4.78 is 0. The third-order valence-corrected chi connectivity index (χ3v) is 7.43. The van der Waals surface area contributed by atoms with Crippen LogP contribution < -0.4 is 10.6 Å². The SMILES string of the molecule is CN1CC=CC=C1c1cnc(Nc2ccc(C#Cc3cc(C(=O)NC4CC4)ccn3)cc2)nc1N=C1CCC(O)CC1. The number of benzene rings is 1. The molecule has 0 unspecified atom stereocenters. The van der Waals surface area contributed by atoms with Gasteiger partial charge in [-0.05, 0) is 86.9 Å². The Hall–Kier alpha value is -4.81. The van der Waals surface area contributed by atoms with E-state index in [9.17, 15) is 9.90 Å². The lowest BCUT2D eigenvalue weighted by Crippen LogP contribution is -2.25. The Bertz CT molecular complexity index is 1620. The Labute approximate surface area is 245 Å². The number of aliphatic hydroxyl groups is 1. The smallest absolute Gasteiger partial charge is 0.251 e. The Kier molecular flexibility index (Phi) is 8.06. The number of aliphatic imine (C=N–C) groups is 1. The lowest BCUT2D eigenvalue weighted by Gasteiger charge is -2.24. The number of aliphatic hydroxyl groups excluding tert-OH is 1. The predicted octanol–water partition coefficient (Wildman–Crippen LogP) is 4.76. The molecule has 3 N–H and O–H groups in total. The lowest BCUT2D eigenvalue weighted by atomic mass is 9.96. The molecule has 1 amide bonds. The normalized spacial score (nSPS) is 18.0. The van der Waals surface area contributed by atoms with Crippen LogP contribution in [0.15, 0.2) is 72.0 Å². The molecule has 1 aliphatic heterocycles. The van der Waals surface area contributed by atoms with E-state index in [2.05, 4.69) is 49.5 Å². The molecule has 6 rings (SSSR count). The standard InChI is InChI=1S/C33H33N7O2/c1-40-19-3-2-4-30(40)29-21-35-33(39-31(29)36-24-13-15-28(41)16-14-24)38-26-8-5-22(6-9-26)7-10-27-20-23(17-18-34-27)32(42)37-25-11-12-25/h2-6,8-9,17-18,20-21,25,28,41H,11-16,19H2,1H3,(H,37,42)(H,35,38,39). The minimum absolute atomic E-state index is 0.0833. The van der Waals surface area contributed by atoms with Crippen molar-refractivity contribution >= 4 is 34.8 Å². The first-order valence-corrected chi connectivity index (χ1v) is 14.4. The quantitative estimate of drug-likeness (QED) is 0.373. The van der Waals surface area contributed by atoms with Crippen LogP contribution in [0, 0.1) is 11.8 Å². The number of nitrogens with zero attached hydrogens (tertiary/aromatic N) is 5. The van der Waals surface area contributed by atoms with Crippen molar-refractivity contribution in [1.29, 1.82) is 0 Å². The average Bonchev–Trinajstić information content (AvgIpc) is 3.83. The summed E-state index contributed by atoms with van der Waals surface area (Å²) in [4.78, 5) is 33.1. The first kappa shape index (κ1) is 27.4. The molecule has 0 atom stereocenters. The van der Waals surface area contributed by atoms with Gasteiger partial charge in [-0.25, -0.2) is 15.0 Å². The highest BCUT2D eigenvalue weighted by Gasteiger charge is 2.24. The maximum absolute atomic E-state index is 12.3. The summed E-state index contributed by atoms with van der Waals surface area (Å²) in [5.41, 5.74) is 5.70. The number of amides is 1. The van der Waals surface area contributed by atoms with E-state index in [-0.39, 0.29) is 12.0 Å². The molecule has 3 aromatic rings. The zero-order valence-electron chi connectivity index (χ0n) is 23.5. The van der Waals surface area contributed by atoms with Crippen molar-refractivity contribution in [3.8, 4) is 11.8 Å². The number of anilines is 2. The molecule has 2 aromatic heterocycles. The first-order chi connectivity index (χ1) is 20.5. The minimum Gasteiger partial charge on any atom is -0.393 e. The van der Waals surface area contributed by atoms with E-state index in [4.69, 9.17) is 9.98 Å². The molecule has 212 valence electrons. The van der Waals surface area contributed by atoms with E-state index in [1.165, 1.54) is 0 Å². The molecule has 2 fully saturated rings. The monoisotopic (exact) mass is 559 g/mol. The summed E-state index contributed by atoms with van der Waals surface area (Å²) in [5.74, 6) is 7.16. The van der Waals surface area contributed by atoms with Gasteiger partial charge in [0.25, 0.3) is 5.91 Å². The summed E-state index contributed by atoms with van der Waals surface area (Å²) in [6, 6.07) is 11.4. The Morgan fingerprint density at radius 3 is 2.64 bits per heavy atom. The Morgan fingerprint density at radius 1 is 1.07 bits per heavy atom. The lowest BCUT2D eigenvalue weighted by molar-refractivity contribution is 0.0951. The van der Waals surface area contributed by atoms with E-state index in [0.717, 1.165) is 73.3 Å². The maximum atomic E-state index is 12.3. The molecule has 2 saturated carbocycles. The molecule has 3 aliphatic rings. The third-order valence-electron chi connectivity index (χ3n) is 7.43. The van der Waals surface area contributed by atoms with Gasteiger partial charge in [-0.3, -0.25) is 4.79 Å². The fourth-order valence-corrected chi connectivity index (χ4v) is 4.83. The fraction of sp³-hybridized carbons (Fsp3) is 0.303. The number of nitrogens with one attached hydrogen (secondary N) is 2. The molecule has 9 heteroatoms. The molecule has 1 aromatic carbocycles. The largest absolute Gasteiger partial charge is 0.393 e. The molecule has 3 heterocycles. The molecule has 0 bridgehead atoms. The van der Waals surface area contributed by atoms with E-state index in [0.29, 0.717) is 29.1 Å². The first-order valence-electron chi connectivity index (χ1n) is 14.4. The number of rotatable bonds is 6. The van der Waals surface area contributed by atoms with Crippen molar-refractivity contribution in [2.45, 2.75) is 50.7 Å². The van der Waals surface area contributed by atoms with Gasteiger partial charge in [0.1, 0.15) is 5.69 Å². The Balaban J connectivity index is 1.18. The van der Waals surface area contributed by atoms with Crippen molar-refractivity contribution < 1.29 is 9.90 Å². The van der Waals surface area contributed by atoms with Crippen molar-refractivity contribution in [1.82, 2.24) is 25.2 Å². The zero-order valence-corrected chi connectivity index (χ0v) is 23.5. The number of hydrogen-bond acceptors (Lipinski definition) is 8. The zero-order chi connectivity index (χ0) is 28.9. The van der Waals surface area contributed by atoms with Crippen molar-refractivity contribution in [3.05, 3.63) is 89.4 Å². The van der Waals surface area contributed by atoms with Gasteiger partial charge in [0.2, 0.25) is 5.95 Å². The molecule has 9 nitrogen and oxygen atoms in total. The van der Waals surface area contributed by atoms with Crippen LogP contribution in [-0.2, 0) is 0 Å². The minimum atomic E-state index is -0.254. The van der Waals surface area contributed by atoms with E-state index in [1.807, 2.05) is 43.6 Å². The molecular formula is C33H33N7O2. The summed E-state index contributed by atoms with van der Waals surface area (Å²) in [7, 11) is 2.04. The second kappa shape index (κ2) is 12.4. The number of likely N-dealkylation sites (N-methyl/N-ethyl adjacent to an activating group) is 1. The van der Waals surface area contributed by atoms with Crippen LogP contribution in [0.1, 0.15) is 65.7 Å². The summed E-state index contributed by atoms with van der Waals surface area (Å²) in [6.07, 6.45) is 14.4. The number of carbonyl (C=O) groups is 1. The highest BCUT2D eigenvalue weighted by Crippen LogP contribution is 2.31. The van der Waals surface area contributed by atoms with Crippen LogP contribution in [0.5, 0.6) is 0 Å². The van der Waals surface area contributed by atoms with Gasteiger partial charge in [-0.15, -0.1) is 0 Å². The topological polar surface area (TPSA) is 116 Å². The van der Waals surface area contributed by atoms with E-state index < -0.39 is 0 Å². The second-order valence-electron chi connectivity index (χ2n) is 10.8. The molecule has 2 aliphatic carbocycles. The molecule has 0 spiro atoms. The second-order valence-corrected chi connectivity index (χ2v) is 10.8. The van der Waals surface area contributed by atoms with E-state index >= 15 is 0 Å². The number of hydrogen-bond donors (Lipinski definition) is 3. The van der Waals surface area contributed by atoms with Crippen LogP contribution in [0.2, 0.25) is 0 Å². The van der Waals surface area contributed by atoms with Crippen LogP contribution in [-0.4, -0.2) is 62.3 Å². The van der Waals surface area contributed by atoms with E-state index in [1.54, 1.807) is 18.3 Å². The number of allylic oxidation sites excluding steroid dienone is 2. The number of aromatic nitrogens is 3. The number of pyridine rings is 1. The van der Waals surface area contributed by atoms with Crippen LogP contribution in [0.25, 0.3) is 5.70 Å². The maximum Gasteiger partial charge on any atom is 0.251 e.